The summed E-state index contributed by atoms with van der Waals surface area (Å²) in [7, 11) is 1.59. The van der Waals surface area contributed by atoms with Crippen LogP contribution in [0.25, 0.3) is 0 Å². The van der Waals surface area contributed by atoms with Crippen LogP contribution in [0.5, 0.6) is 5.75 Å². The number of benzene rings is 1. The molecule has 1 fully saturated rings. The molecule has 3 atom stereocenters. The number of methoxy groups -OCH3 is 1. The van der Waals surface area contributed by atoms with Crippen LogP contribution in [0.3, 0.4) is 0 Å². The van der Waals surface area contributed by atoms with Gasteiger partial charge in [0, 0.05) is 18.5 Å². The van der Waals surface area contributed by atoms with E-state index in [2.05, 4.69) is 10.6 Å². The lowest BCUT2D eigenvalue weighted by molar-refractivity contribution is -0.128. The van der Waals surface area contributed by atoms with Gasteiger partial charge in [-0.25, -0.2) is 0 Å². The highest BCUT2D eigenvalue weighted by Gasteiger charge is 2.31. The Hall–Kier alpha value is -2.38. The predicted molar refractivity (Wildman–Crippen MR) is 104 cm³/mol. The van der Waals surface area contributed by atoms with Crippen LogP contribution in [0.4, 0.5) is 0 Å². The van der Waals surface area contributed by atoms with Crippen LogP contribution >= 0.6 is 0 Å². The number of para-hydroxylation sites is 1. The van der Waals surface area contributed by atoms with Gasteiger partial charge in [0.2, 0.25) is 11.8 Å². The van der Waals surface area contributed by atoms with E-state index in [1.807, 2.05) is 30.3 Å². The van der Waals surface area contributed by atoms with E-state index >= 15 is 0 Å². The average Bonchev–Trinajstić information content (AvgIpc) is 3.51. The molecule has 2 aliphatic rings. The van der Waals surface area contributed by atoms with Gasteiger partial charge in [-0.3, -0.25) is 9.59 Å². The smallest absolute Gasteiger partial charge is 0.223 e. The van der Waals surface area contributed by atoms with Gasteiger partial charge in [-0.05, 0) is 24.8 Å². The highest BCUT2D eigenvalue weighted by atomic mass is 16.5. The fourth-order valence-electron chi connectivity index (χ4n) is 3.26. The molecule has 28 heavy (non-hydrogen) atoms. The lowest BCUT2D eigenvalue weighted by Gasteiger charge is -2.31. The molecule has 0 radical (unpaired) electrons. The Bertz CT molecular complexity index is 717. The van der Waals surface area contributed by atoms with E-state index in [1.165, 1.54) is 0 Å². The molecule has 1 saturated carbocycles. The zero-order valence-corrected chi connectivity index (χ0v) is 16.1. The van der Waals surface area contributed by atoms with Crippen molar-refractivity contribution in [3.05, 3.63) is 42.0 Å². The van der Waals surface area contributed by atoms with Crippen molar-refractivity contribution < 1.29 is 24.2 Å². The number of hydrogen-bond acceptors (Lipinski definition) is 5. The molecule has 0 saturated heterocycles. The van der Waals surface area contributed by atoms with Crippen molar-refractivity contribution in [2.24, 2.45) is 5.92 Å². The van der Waals surface area contributed by atoms with Crippen LogP contribution in [0, 0.1) is 5.92 Å². The van der Waals surface area contributed by atoms with E-state index in [0.717, 1.165) is 24.2 Å². The Morgan fingerprint density at radius 2 is 1.96 bits per heavy atom. The number of aliphatic hydroxyl groups excluding tert-OH is 1. The summed E-state index contributed by atoms with van der Waals surface area (Å²) in [5, 5.41) is 15.4. The number of rotatable bonds is 9. The Labute approximate surface area is 165 Å². The van der Waals surface area contributed by atoms with Gasteiger partial charge in [-0.2, -0.15) is 0 Å². The lowest BCUT2D eigenvalue weighted by Crippen LogP contribution is -2.49. The number of ether oxygens (including phenoxy) is 2. The van der Waals surface area contributed by atoms with Crippen LogP contribution in [0.15, 0.2) is 36.4 Å². The highest BCUT2D eigenvalue weighted by Crippen LogP contribution is 2.32. The van der Waals surface area contributed by atoms with Crippen molar-refractivity contribution in [2.45, 2.75) is 50.5 Å². The summed E-state index contributed by atoms with van der Waals surface area (Å²) < 4.78 is 11.1. The zero-order valence-electron chi connectivity index (χ0n) is 16.1. The molecule has 0 spiro atoms. The summed E-state index contributed by atoms with van der Waals surface area (Å²) in [6.07, 6.45) is 5.48. The number of aliphatic hydroxyl groups is 1. The SMILES string of the molecule is COc1ccccc1CNC(=O)C[C@H]1C=C[C@H](NC(=O)CC2CC2)[C@@H](CO)O1. The number of nitrogens with one attached hydrogen (secondary N) is 2. The summed E-state index contributed by atoms with van der Waals surface area (Å²) in [6, 6.07) is 7.13. The van der Waals surface area contributed by atoms with Crippen molar-refractivity contribution in [3.8, 4) is 5.75 Å². The summed E-state index contributed by atoms with van der Waals surface area (Å²) in [5.41, 5.74) is 0.894. The number of hydrogen-bond donors (Lipinski definition) is 3. The standard InChI is InChI=1S/C21H28N2O5/c1-27-18-5-3-2-4-15(18)12-22-20(25)11-16-8-9-17(19(13-24)28-16)23-21(26)10-14-6-7-14/h2-5,8-9,14,16-17,19,24H,6-7,10-13H2,1H3,(H,22,25)(H,23,26)/t16-,17+,19-/m1/s1. The minimum absolute atomic E-state index is 0.0211. The van der Waals surface area contributed by atoms with Gasteiger partial charge in [0.15, 0.2) is 0 Å². The first-order valence-corrected chi connectivity index (χ1v) is 9.71. The molecule has 7 nitrogen and oxygen atoms in total. The maximum absolute atomic E-state index is 12.3. The maximum Gasteiger partial charge on any atom is 0.223 e. The molecular weight excluding hydrogens is 360 g/mol. The van der Waals surface area contributed by atoms with E-state index in [1.54, 1.807) is 13.2 Å². The van der Waals surface area contributed by atoms with Gasteiger partial charge >= 0.3 is 0 Å². The van der Waals surface area contributed by atoms with Crippen LogP contribution in [-0.4, -0.2) is 48.9 Å². The Morgan fingerprint density at radius 1 is 1.18 bits per heavy atom. The summed E-state index contributed by atoms with van der Waals surface area (Å²) in [6.45, 7) is 0.139. The second-order valence-electron chi connectivity index (χ2n) is 7.31. The van der Waals surface area contributed by atoms with Crippen LogP contribution < -0.4 is 15.4 Å². The molecule has 0 bridgehead atoms. The minimum Gasteiger partial charge on any atom is -0.496 e. The van der Waals surface area contributed by atoms with E-state index in [9.17, 15) is 14.7 Å². The molecule has 0 aromatic heterocycles. The molecule has 1 aromatic rings. The largest absolute Gasteiger partial charge is 0.496 e. The Balaban J connectivity index is 1.48. The average molecular weight is 388 g/mol. The predicted octanol–water partition coefficient (Wildman–Crippen LogP) is 1.30. The van der Waals surface area contributed by atoms with Crippen molar-refractivity contribution in [3.63, 3.8) is 0 Å². The van der Waals surface area contributed by atoms with Crippen molar-refractivity contribution >= 4 is 11.8 Å². The van der Waals surface area contributed by atoms with Crippen molar-refractivity contribution in [2.75, 3.05) is 13.7 Å². The summed E-state index contributed by atoms with van der Waals surface area (Å²) in [4.78, 5) is 24.3. The zero-order chi connectivity index (χ0) is 19.9. The normalized spacial score (nSPS) is 23.9. The number of carbonyl (C=O) groups excluding carboxylic acids is 2. The maximum atomic E-state index is 12.3. The third-order valence-electron chi connectivity index (χ3n) is 5.02. The van der Waals surface area contributed by atoms with Gasteiger partial charge in [0.25, 0.3) is 0 Å². The van der Waals surface area contributed by atoms with Gasteiger partial charge in [-0.1, -0.05) is 30.4 Å². The summed E-state index contributed by atoms with van der Waals surface area (Å²) in [5.74, 6) is 1.04. The molecule has 1 aliphatic carbocycles. The van der Waals surface area contributed by atoms with Crippen molar-refractivity contribution in [1.82, 2.24) is 10.6 Å². The third-order valence-corrected chi connectivity index (χ3v) is 5.02. The first-order chi connectivity index (χ1) is 13.6. The van der Waals surface area contributed by atoms with Crippen LogP contribution in [0.1, 0.15) is 31.2 Å². The molecule has 1 aromatic carbocycles. The molecule has 1 aliphatic heterocycles. The topological polar surface area (TPSA) is 96.9 Å². The molecule has 7 heteroatoms. The Kier molecular flexibility index (Phi) is 7.06. The second-order valence-corrected chi connectivity index (χ2v) is 7.31. The van der Waals surface area contributed by atoms with Crippen LogP contribution in [-0.2, 0) is 20.9 Å². The van der Waals surface area contributed by atoms with Crippen molar-refractivity contribution in [1.29, 1.82) is 0 Å². The minimum atomic E-state index is -0.555. The third kappa shape index (κ3) is 5.81. The second kappa shape index (κ2) is 9.71. The first kappa shape index (κ1) is 20.4. The summed E-state index contributed by atoms with van der Waals surface area (Å²) >= 11 is 0. The van der Waals surface area contributed by atoms with E-state index in [0.29, 0.717) is 18.9 Å². The van der Waals surface area contributed by atoms with Gasteiger partial charge in [0.05, 0.1) is 32.3 Å². The highest BCUT2D eigenvalue weighted by molar-refractivity contribution is 5.77. The molecule has 152 valence electrons. The monoisotopic (exact) mass is 388 g/mol. The lowest BCUT2D eigenvalue weighted by atomic mass is 10.0. The fourth-order valence-corrected chi connectivity index (χ4v) is 3.26. The van der Waals surface area contributed by atoms with E-state index in [-0.39, 0.29) is 30.9 Å². The van der Waals surface area contributed by atoms with Gasteiger partial charge < -0.3 is 25.2 Å². The first-order valence-electron chi connectivity index (χ1n) is 9.71. The van der Waals surface area contributed by atoms with Crippen LogP contribution in [0.2, 0.25) is 0 Å². The van der Waals surface area contributed by atoms with Gasteiger partial charge in [-0.15, -0.1) is 0 Å². The molecular formula is C21H28N2O5. The van der Waals surface area contributed by atoms with E-state index < -0.39 is 12.2 Å². The molecule has 2 amide bonds. The van der Waals surface area contributed by atoms with Gasteiger partial charge in [0.1, 0.15) is 11.9 Å². The molecule has 3 rings (SSSR count). The number of amides is 2. The molecule has 3 N–H and O–H groups in total. The number of carbonyl (C=O) groups is 2. The molecule has 0 unspecified atom stereocenters. The molecule has 1 heterocycles. The fraction of sp³-hybridized carbons (Fsp3) is 0.524. The quantitative estimate of drug-likeness (QED) is 0.554. The Morgan fingerprint density at radius 3 is 2.68 bits per heavy atom. The van der Waals surface area contributed by atoms with E-state index in [4.69, 9.17) is 9.47 Å².